The van der Waals surface area contributed by atoms with Crippen LogP contribution in [0.15, 0.2) is 108 Å². The van der Waals surface area contributed by atoms with Crippen LogP contribution in [-0.4, -0.2) is 26.8 Å². The van der Waals surface area contributed by atoms with E-state index in [0.717, 1.165) is 27.7 Å². The number of fused-ring (bicyclic) bond motifs is 1. The number of non-ortho nitro benzene ring substituents is 1. The van der Waals surface area contributed by atoms with E-state index in [1.165, 1.54) is 18.3 Å². The molecule has 0 unspecified atom stereocenters. The summed E-state index contributed by atoms with van der Waals surface area (Å²) in [4.78, 5) is 23.4. The number of nitro benzene ring substituents is 1. The highest BCUT2D eigenvalue weighted by Crippen LogP contribution is 2.31. The number of carbonyl (C=O) groups is 1. The number of hydrogen-bond donors (Lipinski definition) is 1. The number of aromatic nitrogens is 2. The Morgan fingerprint density at radius 3 is 2.49 bits per heavy atom. The Morgan fingerprint density at radius 2 is 1.66 bits per heavy atom. The van der Waals surface area contributed by atoms with E-state index in [0.29, 0.717) is 5.56 Å². The van der Waals surface area contributed by atoms with Gasteiger partial charge in [-0.15, -0.1) is 0 Å². The van der Waals surface area contributed by atoms with Gasteiger partial charge in [0.25, 0.3) is 11.6 Å². The van der Waals surface area contributed by atoms with Crippen LogP contribution in [0, 0.1) is 10.1 Å². The van der Waals surface area contributed by atoms with Crippen LogP contribution >= 0.6 is 0 Å². The van der Waals surface area contributed by atoms with E-state index >= 15 is 0 Å². The van der Waals surface area contributed by atoms with E-state index in [1.54, 1.807) is 22.9 Å². The van der Waals surface area contributed by atoms with Gasteiger partial charge in [0.15, 0.2) is 5.69 Å². The third-order valence-electron chi connectivity index (χ3n) is 5.47. The van der Waals surface area contributed by atoms with Gasteiger partial charge in [-0.1, -0.05) is 72.8 Å². The van der Waals surface area contributed by atoms with Crippen LogP contribution in [0.2, 0.25) is 0 Å². The molecule has 0 radical (unpaired) electrons. The fourth-order valence-corrected chi connectivity index (χ4v) is 3.84. The molecular weight excluding hydrogens is 442 g/mol. The van der Waals surface area contributed by atoms with Crippen molar-refractivity contribution in [1.82, 2.24) is 15.2 Å². The minimum atomic E-state index is -0.497. The van der Waals surface area contributed by atoms with Crippen molar-refractivity contribution in [3.05, 3.63) is 124 Å². The minimum absolute atomic E-state index is 0.0541. The van der Waals surface area contributed by atoms with Gasteiger partial charge in [0.2, 0.25) is 0 Å². The van der Waals surface area contributed by atoms with Crippen molar-refractivity contribution in [2.75, 3.05) is 0 Å². The molecule has 0 atom stereocenters. The molecule has 5 aromatic rings. The lowest BCUT2D eigenvalue weighted by Crippen LogP contribution is -2.18. The van der Waals surface area contributed by atoms with Crippen LogP contribution in [0.3, 0.4) is 0 Å². The smallest absolute Gasteiger partial charge is 0.265 e. The number of benzene rings is 4. The summed E-state index contributed by atoms with van der Waals surface area (Å²) in [5.74, 6) is -0.497. The van der Waals surface area contributed by atoms with Gasteiger partial charge in [-0.2, -0.15) is 10.2 Å². The SMILES string of the molecule is O=C(N/N=C\c1cccc([N+](=O)[O-])c1)c1cc(-c2cccc3ccccc23)n(-c2ccccc2)n1. The molecule has 0 aliphatic carbocycles. The first-order chi connectivity index (χ1) is 17.1. The summed E-state index contributed by atoms with van der Waals surface area (Å²) in [6.07, 6.45) is 1.35. The van der Waals surface area contributed by atoms with Crippen molar-refractivity contribution in [3.63, 3.8) is 0 Å². The molecule has 4 aromatic carbocycles. The van der Waals surface area contributed by atoms with Crippen LogP contribution in [0.1, 0.15) is 16.1 Å². The van der Waals surface area contributed by atoms with Crippen molar-refractivity contribution in [1.29, 1.82) is 0 Å². The maximum absolute atomic E-state index is 12.9. The standard InChI is InChI=1S/C27H19N5O3/c33-27(29-28-18-19-8-6-13-22(16-19)32(34)35)25-17-26(31(30-25)21-11-2-1-3-12-21)24-15-7-10-20-9-4-5-14-23(20)24/h1-18H,(H,29,33)/b28-18-. The molecule has 0 spiro atoms. The lowest BCUT2D eigenvalue weighted by Gasteiger charge is -2.10. The Morgan fingerprint density at radius 1 is 0.914 bits per heavy atom. The molecule has 35 heavy (non-hydrogen) atoms. The molecule has 1 amide bonds. The van der Waals surface area contributed by atoms with Gasteiger partial charge in [0.1, 0.15) is 0 Å². The summed E-state index contributed by atoms with van der Waals surface area (Å²) >= 11 is 0. The highest BCUT2D eigenvalue weighted by Gasteiger charge is 2.18. The topological polar surface area (TPSA) is 102 Å². The molecule has 0 aliphatic rings. The maximum atomic E-state index is 12.9. The number of hydrazone groups is 1. The number of nitrogens with one attached hydrogen (secondary N) is 1. The fourth-order valence-electron chi connectivity index (χ4n) is 3.84. The Bertz CT molecular complexity index is 1570. The minimum Gasteiger partial charge on any atom is -0.265 e. The first-order valence-corrected chi connectivity index (χ1v) is 10.8. The molecule has 0 bridgehead atoms. The zero-order chi connectivity index (χ0) is 24.2. The second kappa shape index (κ2) is 9.40. The molecule has 170 valence electrons. The van der Waals surface area contributed by atoms with Crippen molar-refractivity contribution in [2.45, 2.75) is 0 Å². The van der Waals surface area contributed by atoms with Gasteiger partial charge in [0, 0.05) is 23.3 Å². The Balaban J connectivity index is 1.49. The third-order valence-corrected chi connectivity index (χ3v) is 5.47. The van der Waals surface area contributed by atoms with Crippen LogP contribution in [0.5, 0.6) is 0 Å². The Hall–Kier alpha value is -5.11. The van der Waals surface area contributed by atoms with E-state index in [1.807, 2.05) is 72.8 Å². The summed E-state index contributed by atoms with van der Waals surface area (Å²) in [5, 5.41) is 21.6. The number of rotatable bonds is 6. The highest BCUT2D eigenvalue weighted by molar-refractivity contribution is 5.99. The molecule has 8 heteroatoms. The zero-order valence-corrected chi connectivity index (χ0v) is 18.4. The second-order valence-corrected chi connectivity index (χ2v) is 7.74. The number of amides is 1. The van der Waals surface area contributed by atoms with Crippen LogP contribution in [0.25, 0.3) is 27.7 Å². The molecule has 5 rings (SSSR count). The summed E-state index contributed by atoms with van der Waals surface area (Å²) in [6.45, 7) is 0. The Kier molecular flexibility index (Phi) is 5.83. The van der Waals surface area contributed by atoms with E-state index < -0.39 is 10.8 Å². The first-order valence-electron chi connectivity index (χ1n) is 10.8. The lowest BCUT2D eigenvalue weighted by molar-refractivity contribution is -0.384. The van der Waals surface area contributed by atoms with Gasteiger partial charge in [0.05, 0.1) is 22.5 Å². The van der Waals surface area contributed by atoms with Gasteiger partial charge in [-0.3, -0.25) is 14.9 Å². The van der Waals surface area contributed by atoms with Crippen LogP contribution in [-0.2, 0) is 0 Å². The normalized spacial score (nSPS) is 11.1. The molecule has 8 nitrogen and oxygen atoms in total. The summed E-state index contributed by atoms with van der Waals surface area (Å²) in [7, 11) is 0. The molecule has 0 fully saturated rings. The molecule has 1 heterocycles. The lowest BCUT2D eigenvalue weighted by atomic mass is 10.0. The van der Waals surface area contributed by atoms with E-state index in [-0.39, 0.29) is 11.4 Å². The maximum Gasteiger partial charge on any atom is 0.291 e. The fraction of sp³-hybridized carbons (Fsp3) is 0. The highest BCUT2D eigenvalue weighted by atomic mass is 16.6. The number of para-hydroxylation sites is 1. The predicted octanol–water partition coefficient (Wildman–Crippen LogP) is 5.36. The number of carbonyl (C=O) groups excluding carboxylic acids is 1. The number of hydrogen-bond acceptors (Lipinski definition) is 5. The Labute approximate surface area is 200 Å². The van der Waals surface area contributed by atoms with E-state index in [2.05, 4.69) is 15.6 Å². The number of nitro groups is 1. The summed E-state index contributed by atoms with van der Waals surface area (Å²) < 4.78 is 1.74. The van der Waals surface area contributed by atoms with Gasteiger partial charge >= 0.3 is 0 Å². The molecule has 0 aliphatic heterocycles. The van der Waals surface area contributed by atoms with Crippen molar-refractivity contribution >= 4 is 28.6 Å². The zero-order valence-electron chi connectivity index (χ0n) is 18.4. The molecule has 0 saturated heterocycles. The van der Waals surface area contributed by atoms with Gasteiger partial charge < -0.3 is 0 Å². The van der Waals surface area contributed by atoms with E-state index in [9.17, 15) is 14.9 Å². The summed E-state index contributed by atoms with van der Waals surface area (Å²) in [5.41, 5.74) is 5.61. The average Bonchev–Trinajstić information content (AvgIpc) is 3.34. The molecule has 1 aromatic heterocycles. The van der Waals surface area contributed by atoms with E-state index in [4.69, 9.17) is 0 Å². The predicted molar refractivity (Wildman–Crippen MR) is 135 cm³/mol. The third kappa shape index (κ3) is 4.53. The summed E-state index contributed by atoms with van der Waals surface area (Å²) in [6, 6.07) is 31.3. The second-order valence-electron chi connectivity index (χ2n) is 7.74. The van der Waals surface area contributed by atoms with Gasteiger partial charge in [-0.25, -0.2) is 10.1 Å². The molecule has 1 N–H and O–H groups in total. The van der Waals surface area contributed by atoms with Crippen LogP contribution in [0.4, 0.5) is 5.69 Å². The largest absolute Gasteiger partial charge is 0.291 e. The first kappa shape index (κ1) is 21.7. The van der Waals surface area contributed by atoms with Crippen molar-refractivity contribution < 1.29 is 9.72 Å². The molecule has 0 saturated carbocycles. The van der Waals surface area contributed by atoms with Crippen molar-refractivity contribution in [2.24, 2.45) is 5.10 Å². The number of nitrogens with zero attached hydrogens (tertiary/aromatic N) is 4. The molecular formula is C27H19N5O3. The average molecular weight is 461 g/mol. The van der Waals surface area contributed by atoms with Gasteiger partial charge in [-0.05, 0) is 29.0 Å². The van der Waals surface area contributed by atoms with Crippen LogP contribution < -0.4 is 5.43 Å². The van der Waals surface area contributed by atoms with Crippen molar-refractivity contribution in [3.8, 4) is 16.9 Å². The quantitative estimate of drug-likeness (QED) is 0.209. The monoisotopic (exact) mass is 461 g/mol.